The molecule has 0 aliphatic carbocycles. The van der Waals surface area contributed by atoms with Gasteiger partial charge < -0.3 is 10.1 Å². The van der Waals surface area contributed by atoms with Crippen LogP contribution in [-0.2, 0) is 6.42 Å². The fourth-order valence-corrected chi connectivity index (χ4v) is 2.54. The summed E-state index contributed by atoms with van der Waals surface area (Å²) in [4.78, 5) is 7.31. The monoisotopic (exact) mass is 324 g/mol. The number of halogens is 1. The van der Waals surface area contributed by atoms with Crippen LogP contribution >= 0.6 is 11.6 Å². The van der Waals surface area contributed by atoms with Crippen molar-refractivity contribution in [1.82, 2.24) is 9.97 Å². The SMILES string of the molecule is OC(/C=C/c1ccc(Cc2ncc[nH]2)cc1)c1cccc(Cl)c1. The second-order valence-electron chi connectivity index (χ2n) is 5.31. The molecule has 0 spiro atoms. The molecule has 3 aromatic rings. The summed E-state index contributed by atoms with van der Waals surface area (Å²) in [5.41, 5.74) is 3.00. The van der Waals surface area contributed by atoms with Crippen LogP contribution in [0.4, 0.5) is 0 Å². The molecule has 0 aliphatic rings. The van der Waals surface area contributed by atoms with Crippen LogP contribution < -0.4 is 0 Å². The first-order valence-corrected chi connectivity index (χ1v) is 7.77. The van der Waals surface area contributed by atoms with Crippen LogP contribution in [0.15, 0.2) is 67.0 Å². The molecule has 0 fully saturated rings. The molecule has 2 aromatic carbocycles. The predicted octanol–water partition coefficient (Wildman–Crippen LogP) is 4.40. The van der Waals surface area contributed by atoms with Gasteiger partial charge in [-0.1, -0.05) is 60.2 Å². The van der Waals surface area contributed by atoms with Gasteiger partial charge in [0.15, 0.2) is 0 Å². The molecular weight excluding hydrogens is 308 g/mol. The van der Waals surface area contributed by atoms with Gasteiger partial charge in [-0.15, -0.1) is 0 Å². The Bertz CT molecular complexity index is 779. The van der Waals surface area contributed by atoms with Crippen molar-refractivity contribution in [2.24, 2.45) is 0 Å². The zero-order valence-electron chi connectivity index (χ0n) is 12.5. The molecule has 0 amide bonds. The van der Waals surface area contributed by atoms with Crippen molar-refractivity contribution in [2.45, 2.75) is 12.5 Å². The van der Waals surface area contributed by atoms with E-state index in [-0.39, 0.29) is 0 Å². The number of aromatic amines is 1. The van der Waals surface area contributed by atoms with Gasteiger partial charge in [0.1, 0.15) is 5.82 Å². The third kappa shape index (κ3) is 4.31. The third-order valence-electron chi connectivity index (χ3n) is 3.57. The first-order chi connectivity index (χ1) is 11.2. The molecule has 2 N–H and O–H groups in total. The van der Waals surface area contributed by atoms with Crippen molar-refractivity contribution in [3.8, 4) is 0 Å². The van der Waals surface area contributed by atoms with E-state index in [9.17, 15) is 5.11 Å². The predicted molar refractivity (Wildman–Crippen MR) is 93.3 cm³/mol. The Morgan fingerprint density at radius 2 is 2.00 bits per heavy atom. The number of H-pyrrole nitrogens is 1. The number of imidazole rings is 1. The lowest BCUT2D eigenvalue weighted by Crippen LogP contribution is -1.92. The van der Waals surface area contributed by atoms with Crippen LogP contribution in [0.2, 0.25) is 5.02 Å². The first-order valence-electron chi connectivity index (χ1n) is 7.39. The molecule has 0 bridgehead atoms. The Balaban J connectivity index is 1.65. The highest BCUT2D eigenvalue weighted by atomic mass is 35.5. The molecule has 3 nitrogen and oxygen atoms in total. The Morgan fingerprint density at radius 1 is 1.17 bits per heavy atom. The van der Waals surface area contributed by atoms with Crippen molar-refractivity contribution in [2.75, 3.05) is 0 Å². The maximum Gasteiger partial charge on any atom is 0.110 e. The van der Waals surface area contributed by atoms with E-state index in [1.807, 2.05) is 36.5 Å². The molecule has 1 heterocycles. The zero-order chi connectivity index (χ0) is 16.1. The number of nitrogens with one attached hydrogen (secondary N) is 1. The lowest BCUT2D eigenvalue weighted by Gasteiger charge is -2.06. The maximum atomic E-state index is 10.2. The summed E-state index contributed by atoms with van der Waals surface area (Å²) in [6.45, 7) is 0. The summed E-state index contributed by atoms with van der Waals surface area (Å²) < 4.78 is 0. The summed E-state index contributed by atoms with van der Waals surface area (Å²) in [5.74, 6) is 0.949. The van der Waals surface area contributed by atoms with E-state index in [1.165, 1.54) is 5.56 Å². The summed E-state index contributed by atoms with van der Waals surface area (Å²) >= 11 is 5.94. The van der Waals surface area contributed by atoms with Crippen molar-refractivity contribution in [1.29, 1.82) is 0 Å². The van der Waals surface area contributed by atoms with Gasteiger partial charge in [0.25, 0.3) is 0 Å². The number of nitrogens with zero attached hydrogens (tertiary/aromatic N) is 1. The average Bonchev–Trinajstić information content (AvgIpc) is 3.07. The number of aromatic nitrogens is 2. The minimum Gasteiger partial charge on any atom is -0.384 e. The summed E-state index contributed by atoms with van der Waals surface area (Å²) in [6, 6.07) is 15.4. The van der Waals surface area contributed by atoms with Crippen LogP contribution in [0.5, 0.6) is 0 Å². The molecule has 1 atom stereocenters. The van der Waals surface area contributed by atoms with Crippen molar-refractivity contribution in [3.63, 3.8) is 0 Å². The van der Waals surface area contributed by atoms with Crippen LogP contribution in [0, 0.1) is 0 Å². The molecule has 1 unspecified atom stereocenters. The molecule has 1 aromatic heterocycles. The molecule has 4 heteroatoms. The minimum atomic E-state index is -0.670. The van der Waals surface area contributed by atoms with Crippen LogP contribution in [-0.4, -0.2) is 15.1 Å². The highest BCUT2D eigenvalue weighted by molar-refractivity contribution is 6.30. The summed E-state index contributed by atoms with van der Waals surface area (Å²) in [6.07, 6.45) is 7.35. The lowest BCUT2D eigenvalue weighted by molar-refractivity contribution is 0.229. The Kier molecular flexibility index (Phi) is 4.91. The largest absolute Gasteiger partial charge is 0.384 e. The fourth-order valence-electron chi connectivity index (χ4n) is 2.34. The van der Waals surface area contributed by atoms with E-state index in [1.54, 1.807) is 24.4 Å². The van der Waals surface area contributed by atoms with E-state index in [2.05, 4.69) is 22.1 Å². The zero-order valence-corrected chi connectivity index (χ0v) is 13.2. The third-order valence-corrected chi connectivity index (χ3v) is 3.80. The smallest absolute Gasteiger partial charge is 0.110 e. The molecule has 0 aliphatic heterocycles. The molecule has 0 saturated carbocycles. The summed E-state index contributed by atoms with van der Waals surface area (Å²) in [7, 11) is 0. The van der Waals surface area contributed by atoms with Crippen LogP contribution in [0.25, 0.3) is 6.08 Å². The second-order valence-corrected chi connectivity index (χ2v) is 5.75. The maximum absolute atomic E-state index is 10.2. The Hall–Kier alpha value is -2.36. The molecule has 0 saturated heterocycles. The van der Waals surface area contributed by atoms with Gasteiger partial charge >= 0.3 is 0 Å². The van der Waals surface area contributed by atoms with Crippen LogP contribution in [0.1, 0.15) is 28.6 Å². The van der Waals surface area contributed by atoms with E-state index in [0.29, 0.717) is 5.02 Å². The van der Waals surface area contributed by atoms with E-state index >= 15 is 0 Å². The van der Waals surface area contributed by atoms with E-state index in [4.69, 9.17) is 11.6 Å². The van der Waals surface area contributed by atoms with Gasteiger partial charge in [-0.25, -0.2) is 4.98 Å². The molecular formula is C19H17ClN2O. The number of hydrogen-bond acceptors (Lipinski definition) is 2. The van der Waals surface area contributed by atoms with Gasteiger partial charge in [0.2, 0.25) is 0 Å². The van der Waals surface area contributed by atoms with Crippen LogP contribution in [0.3, 0.4) is 0 Å². The average molecular weight is 325 g/mol. The molecule has 23 heavy (non-hydrogen) atoms. The minimum absolute atomic E-state index is 0.622. The highest BCUT2D eigenvalue weighted by Crippen LogP contribution is 2.20. The normalized spacial score (nSPS) is 12.6. The summed E-state index contributed by atoms with van der Waals surface area (Å²) in [5, 5.41) is 10.8. The number of benzene rings is 2. The van der Waals surface area contributed by atoms with Gasteiger partial charge in [-0.3, -0.25) is 0 Å². The van der Waals surface area contributed by atoms with Gasteiger partial charge in [-0.05, 0) is 28.8 Å². The molecule has 3 rings (SSSR count). The second kappa shape index (κ2) is 7.27. The quantitative estimate of drug-likeness (QED) is 0.730. The van der Waals surface area contributed by atoms with E-state index in [0.717, 1.165) is 23.4 Å². The topological polar surface area (TPSA) is 48.9 Å². The number of aliphatic hydroxyl groups is 1. The fraction of sp³-hybridized carbons (Fsp3) is 0.105. The first kappa shape index (κ1) is 15.5. The van der Waals surface area contributed by atoms with Gasteiger partial charge in [-0.2, -0.15) is 0 Å². The number of hydrogen-bond donors (Lipinski definition) is 2. The Morgan fingerprint density at radius 3 is 2.70 bits per heavy atom. The highest BCUT2D eigenvalue weighted by Gasteiger charge is 2.03. The van der Waals surface area contributed by atoms with Crippen molar-refractivity contribution < 1.29 is 5.11 Å². The standard InChI is InChI=1S/C19H17ClN2O/c20-17-3-1-2-16(13-17)18(23)9-8-14-4-6-15(7-5-14)12-19-21-10-11-22-19/h1-11,13,18,23H,12H2,(H,21,22)/b9-8+. The number of aliphatic hydroxyl groups excluding tert-OH is 1. The molecule has 0 radical (unpaired) electrons. The van der Waals surface area contributed by atoms with Crippen molar-refractivity contribution in [3.05, 3.63) is 94.5 Å². The van der Waals surface area contributed by atoms with Crippen molar-refractivity contribution >= 4 is 17.7 Å². The van der Waals surface area contributed by atoms with Gasteiger partial charge in [0.05, 0.1) is 6.10 Å². The Labute approximate surface area is 140 Å². The van der Waals surface area contributed by atoms with E-state index < -0.39 is 6.10 Å². The van der Waals surface area contributed by atoms with Gasteiger partial charge in [0, 0.05) is 23.8 Å². The lowest BCUT2D eigenvalue weighted by atomic mass is 10.1. The molecule has 116 valence electrons. The number of rotatable bonds is 5.